The van der Waals surface area contributed by atoms with Crippen molar-refractivity contribution in [3.63, 3.8) is 0 Å². The molecular formula is C14H18ClN5S. The van der Waals surface area contributed by atoms with E-state index in [-0.39, 0.29) is 0 Å². The molecule has 0 saturated carbocycles. The average Bonchev–Trinajstić information content (AvgIpc) is 2.89. The van der Waals surface area contributed by atoms with Gasteiger partial charge in [-0.1, -0.05) is 47.6 Å². The van der Waals surface area contributed by atoms with Crippen molar-refractivity contribution in [2.75, 3.05) is 18.8 Å². The average molecular weight is 324 g/mol. The third-order valence-electron chi connectivity index (χ3n) is 2.75. The van der Waals surface area contributed by atoms with E-state index in [4.69, 9.17) is 11.6 Å². The van der Waals surface area contributed by atoms with E-state index < -0.39 is 0 Å². The summed E-state index contributed by atoms with van der Waals surface area (Å²) in [6, 6.07) is 7.80. The first kappa shape index (κ1) is 16.0. The van der Waals surface area contributed by atoms with Gasteiger partial charge < -0.3 is 5.32 Å². The molecule has 7 heteroatoms. The summed E-state index contributed by atoms with van der Waals surface area (Å²) >= 11 is 7.51. The lowest BCUT2D eigenvalue weighted by molar-refractivity contribution is 0.663. The molecule has 0 aliphatic rings. The number of benzene rings is 1. The fraction of sp³-hybridized carbons (Fsp3) is 0.357. The number of hydrogen-bond acceptors (Lipinski definition) is 5. The molecule has 1 aromatic carbocycles. The van der Waals surface area contributed by atoms with Gasteiger partial charge in [0.2, 0.25) is 5.16 Å². The summed E-state index contributed by atoms with van der Waals surface area (Å²) in [4.78, 5) is 0. The number of hydrogen-bond donors (Lipinski definition) is 1. The van der Waals surface area contributed by atoms with Crippen LogP contribution in [0.1, 0.15) is 12.0 Å². The smallest absolute Gasteiger partial charge is 0.209 e. The SMILES string of the molecule is Cn1nnnc1SCCCNCC=Cc1ccc(Cl)cc1. The molecule has 0 bridgehead atoms. The molecule has 0 spiro atoms. The van der Waals surface area contributed by atoms with E-state index in [9.17, 15) is 0 Å². The predicted octanol–water partition coefficient (Wildman–Crippen LogP) is 2.65. The lowest BCUT2D eigenvalue weighted by Gasteiger charge is -2.01. The predicted molar refractivity (Wildman–Crippen MR) is 87.5 cm³/mol. The van der Waals surface area contributed by atoms with Gasteiger partial charge >= 0.3 is 0 Å². The standard InChI is InChI=1S/C14H18ClN5S/c1-20-14(17-18-19-20)21-11-3-10-16-9-2-4-12-5-7-13(15)8-6-12/h2,4-8,16H,3,9-11H2,1H3. The molecule has 0 aliphatic heterocycles. The van der Waals surface area contributed by atoms with E-state index in [1.807, 2.05) is 31.3 Å². The van der Waals surface area contributed by atoms with Crippen LogP contribution in [0.4, 0.5) is 0 Å². The second-order valence-electron chi connectivity index (χ2n) is 4.45. The van der Waals surface area contributed by atoms with E-state index in [0.717, 1.165) is 41.0 Å². The summed E-state index contributed by atoms with van der Waals surface area (Å²) in [7, 11) is 1.85. The van der Waals surface area contributed by atoms with Crippen molar-refractivity contribution in [3.05, 3.63) is 40.9 Å². The van der Waals surface area contributed by atoms with Crippen LogP contribution < -0.4 is 5.32 Å². The van der Waals surface area contributed by atoms with Crippen LogP contribution in [0.25, 0.3) is 6.08 Å². The highest BCUT2D eigenvalue weighted by Crippen LogP contribution is 2.12. The molecule has 5 nitrogen and oxygen atoms in total. The van der Waals surface area contributed by atoms with Crippen molar-refractivity contribution in [2.45, 2.75) is 11.6 Å². The zero-order chi connectivity index (χ0) is 14.9. The normalized spacial score (nSPS) is 11.3. The molecule has 2 rings (SSSR count). The molecule has 1 aromatic heterocycles. The van der Waals surface area contributed by atoms with Crippen molar-refractivity contribution in [3.8, 4) is 0 Å². The minimum atomic E-state index is 0.765. The fourth-order valence-corrected chi connectivity index (χ4v) is 2.57. The van der Waals surface area contributed by atoms with Crippen molar-refractivity contribution in [2.24, 2.45) is 7.05 Å². The van der Waals surface area contributed by atoms with Crippen LogP contribution in [0.5, 0.6) is 0 Å². The zero-order valence-electron chi connectivity index (χ0n) is 11.9. The molecule has 0 saturated heterocycles. The van der Waals surface area contributed by atoms with Crippen LogP contribution in [0.3, 0.4) is 0 Å². The van der Waals surface area contributed by atoms with Gasteiger partial charge in [-0.2, -0.15) is 0 Å². The maximum atomic E-state index is 5.84. The summed E-state index contributed by atoms with van der Waals surface area (Å²) in [5.41, 5.74) is 1.16. The first-order chi connectivity index (χ1) is 10.3. The van der Waals surface area contributed by atoms with E-state index in [0.29, 0.717) is 0 Å². The number of nitrogens with one attached hydrogen (secondary N) is 1. The maximum Gasteiger partial charge on any atom is 0.209 e. The van der Waals surface area contributed by atoms with Gasteiger partial charge in [0.15, 0.2) is 0 Å². The van der Waals surface area contributed by atoms with Crippen LogP contribution in [-0.4, -0.2) is 39.0 Å². The Morgan fingerprint density at radius 3 is 2.86 bits per heavy atom. The highest BCUT2D eigenvalue weighted by Gasteiger charge is 2.01. The highest BCUT2D eigenvalue weighted by atomic mass is 35.5. The Bertz CT molecular complexity index is 567. The third-order valence-corrected chi connectivity index (χ3v) is 4.10. The summed E-state index contributed by atoms with van der Waals surface area (Å²) in [6.07, 6.45) is 5.28. The van der Waals surface area contributed by atoms with Gasteiger partial charge in [-0.3, -0.25) is 0 Å². The third kappa shape index (κ3) is 5.87. The minimum absolute atomic E-state index is 0.765. The molecule has 0 fully saturated rings. The number of thioether (sulfide) groups is 1. The molecule has 112 valence electrons. The summed E-state index contributed by atoms with van der Waals surface area (Å²) in [5.74, 6) is 1.00. The molecule has 0 aliphatic carbocycles. The molecule has 21 heavy (non-hydrogen) atoms. The van der Waals surface area contributed by atoms with E-state index in [1.165, 1.54) is 0 Å². The summed E-state index contributed by atoms with van der Waals surface area (Å²) in [5, 5.41) is 16.3. The Morgan fingerprint density at radius 1 is 1.33 bits per heavy atom. The van der Waals surface area contributed by atoms with E-state index in [2.05, 4.69) is 33.0 Å². The zero-order valence-corrected chi connectivity index (χ0v) is 13.4. The highest BCUT2D eigenvalue weighted by molar-refractivity contribution is 7.99. The molecule has 2 aromatic rings. The quantitative estimate of drug-likeness (QED) is 0.598. The van der Waals surface area contributed by atoms with Gasteiger partial charge in [0, 0.05) is 24.4 Å². The Kier molecular flexibility index (Phi) is 6.72. The molecule has 0 atom stereocenters. The van der Waals surface area contributed by atoms with Crippen LogP contribution in [0, 0.1) is 0 Å². The fourth-order valence-electron chi connectivity index (χ4n) is 1.66. The number of tetrazole rings is 1. The Balaban J connectivity index is 1.54. The van der Waals surface area contributed by atoms with Crippen LogP contribution in [-0.2, 0) is 7.05 Å². The van der Waals surface area contributed by atoms with Crippen LogP contribution in [0.2, 0.25) is 5.02 Å². The second kappa shape index (κ2) is 8.81. The Labute approximate surface area is 133 Å². The molecule has 1 heterocycles. The second-order valence-corrected chi connectivity index (χ2v) is 5.94. The number of nitrogens with zero attached hydrogens (tertiary/aromatic N) is 4. The lowest BCUT2D eigenvalue weighted by atomic mass is 10.2. The molecule has 0 unspecified atom stereocenters. The van der Waals surface area contributed by atoms with Gasteiger partial charge in [0.25, 0.3) is 0 Å². The Morgan fingerprint density at radius 2 is 2.14 bits per heavy atom. The number of aryl methyl sites for hydroxylation is 1. The van der Waals surface area contributed by atoms with Gasteiger partial charge in [-0.25, -0.2) is 4.68 Å². The van der Waals surface area contributed by atoms with E-state index in [1.54, 1.807) is 16.4 Å². The van der Waals surface area contributed by atoms with E-state index >= 15 is 0 Å². The van der Waals surface area contributed by atoms with Crippen molar-refractivity contribution < 1.29 is 0 Å². The summed E-state index contributed by atoms with van der Waals surface area (Å²) in [6.45, 7) is 1.84. The van der Waals surface area contributed by atoms with Crippen LogP contribution in [0.15, 0.2) is 35.5 Å². The number of aromatic nitrogens is 4. The first-order valence-electron chi connectivity index (χ1n) is 6.73. The monoisotopic (exact) mass is 323 g/mol. The number of halogens is 1. The van der Waals surface area contributed by atoms with Gasteiger partial charge in [0.05, 0.1) is 0 Å². The first-order valence-corrected chi connectivity index (χ1v) is 8.10. The molecule has 1 N–H and O–H groups in total. The van der Waals surface area contributed by atoms with Crippen LogP contribution >= 0.6 is 23.4 Å². The largest absolute Gasteiger partial charge is 0.313 e. The van der Waals surface area contributed by atoms with Crippen molar-refractivity contribution in [1.82, 2.24) is 25.5 Å². The summed E-state index contributed by atoms with van der Waals surface area (Å²) < 4.78 is 1.69. The van der Waals surface area contributed by atoms with Gasteiger partial charge in [-0.05, 0) is 41.1 Å². The maximum absolute atomic E-state index is 5.84. The molecule has 0 amide bonds. The molecule has 0 radical (unpaired) electrons. The van der Waals surface area contributed by atoms with Crippen molar-refractivity contribution >= 4 is 29.4 Å². The van der Waals surface area contributed by atoms with Gasteiger partial charge in [-0.15, -0.1) is 5.10 Å². The van der Waals surface area contributed by atoms with Crippen molar-refractivity contribution in [1.29, 1.82) is 0 Å². The molecular weight excluding hydrogens is 306 g/mol. The number of rotatable bonds is 8. The van der Waals surface area contributed by atoms with Gasteiger partial charge in [0.1, 0.15) is 0 Å². The Hall–Kier alpha value is -1.37. The topological polar surface area (TPSA) is 55.6 Å². The lowest BCUT2D eigenvalue weighted by Crippen LogP contribution is -2.15. The minimum Gasteiger partial charge on any atom is -0.313 e.